The van der Waals surface area contributed by atoms with E-state index in [0.717, 1.165) is 0 Å². The second-order valence-electron chi connectivity index (χ2n) is 8.68. The fraction of sp³-hybridized carbons (Fsp3) is 0.462. The van der Waals surface area contributed by atoms with E-state index in [9.17, 15) is 28.8 Å². The first kappa shape index (κ1) is 51.7. The first-order chi connectivity index (χ1) is 20.3. The third-order valence-corrected chi connectivity index (χ3v) is 4.47. The normalized spacial score (nSPS) is 10.3. The minimum atomic E-state index is -1.26. The Balaban J connectivity index is -0.000000118. The number of aliphatic hydroxyl groups excluding tert-OH is 6. The van der Waals surface area contributed by atoms with E-state index in [1.807, 2.05) is 0 Å². The van der Waals surface area contributed by atoms with Gasteiger partial charge in [0.05, 0.1) is 50.5 Å². The Labute approximate surface area is 302 Å². The van der Waals surface area contributed by atoms with Gasteiger partial charge in [-0.2, -0.15) is 0 Å². The van der Waals surface area contributed by atoms with Crippen LogP contribution in [0, 0.1) is 10.8 Å². The average Bonchev–Trinajstić information content (AvgIpc) is 2.97. The number of esters is 2. The molecule has 45 heavy (non-hydrogen) atoms. The van der Waals surface area contributed by atoms with Crippen LogP contribution in [0.15, 0.2) is 48.6 Å². The van der Waals surface area contributed by atoms with Gasteiger partial charge in [0, 0.05) is 35.5 Å². The van der Waals surface area contributed by atoms with Gasteiger partial charge in [0.15, 0.2) is 0 Å². The minimum absolute atomic E-state index is 0. The summed E-state index contributed by atoms with van der Waals surface area (Å²) in [5, 5.41) is 84.6. The summed E-state index contributed by atoms with van der Waals surface area (Å²) in [7, 11) is 0. The molecule has 0 aromatic carbocycles. The van der Waals surface area contributed by atoms with Gasteiger partial charge >= 0.3 is 87.2 Å². The summed E-state index contributed by atoms with van der Waals surface area (Å²) in [6, 6.07) is 0. The van der Waals surface area contributed by atoms with Crippen LogP contribution in [0.1, 0.15) is 15.3 Å². The molecule has 0 aromatic heterocycles. The largest absolute Gasteiger partial charge is 1.00 e. The number of aliphatic carboxylic acids is 4. The maximum atomic E-state index is 11.0. The smallest absolute Gasteiger partial charge is 1.00 e. The fourth-order valence-corrected chi connectivity index (χ4v) is 1.54. The number of carbonyl (C=O) groups excluding carboxylic acids is 2. The predicted octanol–water partition coefficient (Wildman–Crippen LogP) is -5.32. The van der Waals surface area contributed by atoms with Crippen LogP contribution in [0.2, 0.25) is 0 Å². The van der Waals surface area contributed by atoms with E-state index in [1.54, 1.807) is 0 Å². The minimum Gasteiger partial charge on any atom is -1.00 e. The Morgan fingerprint density at radius 3 is 0.822 bits per heavy atom. The van der Waals surface area contributed by atoms with Crippen LogP contribution in [0.25, 0.3) is 0 Å². The summed E-state index contributed by atoms with van der Waals surface area (Å²) in [4.78, 5) is 60.2. The third kappa shape index (κ3) is 31.0. The molecule has 0 aliphatic rings. The van der Waals surface area contributed by atoms with Crippen LogP contribution in [0.4, 0.5) is 0 Å². The Kier molecular flexibility index (Phi) is 34.3. The number of ether oxygens (including phenoxy) is 2. The molecule has 10 N–H and O–H groups in total. The molecule has 254 valence electrons. The van der Waals surface area contributed by atoms with Gasteiger partial charge in [-0.1, -0.05) is 13.2 Å². The van der Waals surface area contributed by atoms with Crippen LogP contribution in [-0.2, 0) is 38.2 Å². The van der Waals surface area contributed by atoms with E-state index in [-0.39, 0.29) is 77.2 Å². The molecular weight excluding hydrogens is 639 g/mol. The fourth-order valence-electron chi connectivity index (χ4n) is 1.54. The maximum absolute atomic E-state index is 11.0. The molecule has 18 nitrogen and oxygen atoms in total. The van der Waals surface area contributed by atoms with Crippen molar-refractivity contribution in [3.63, 3.8) is 0 Å². The van der Waals surface area contributed by atoms with E-state index in [4.69, 9.17) is 60.5 Å². The van der Waals surface area contributed by atoms with Crippen molar-refractivity contribution in [1.82, 2.24) is 0 Å². The van der Waals surface area contributed by atoms with Gasteiger partial charge in [-0.15, -0.1) is 0 Å². The van der Waals surface area contributed by atoms with Gasteiger partial charge in [-0.25, -0.2) is 28.8 Å². The van der Waals surface area contributed by atoms with Crippen LogP contribution < -0.4 is 51.4 Å². The number of carboxylic acids is 4. The average molecular weight is 681 g/mol. The molecule has 0 spiro atoms. The first-order valence-corrected chi connectivity index (χ1v) is 11.9. The van der Waals surface area contributed by atoms with Gasteiger partial charge in [0.25, 0.3) is 0 Å². The van der Waals surface area contributed by atoms with E-state index < -0.39 is 86.3 Å². The summed E-state index contributed by atoms with van der Waals surface area (Å²) in [6.07, 6.45) is 2.23. The molecule has 0 heterocycles. The van der Waals surface area contributed by atoms with E-state index in [2.05, 4.69) is 13.2 Å². The summed E-state index contributed by atoms with van der Waals surface area (Å²) < 4.78 is 9.45. The van der Waals surface area contributed by atoms with Crippen LogP contribution in [0.5, 0.6) is 0 Å². The molecule has 0 aliphatic heterocycles. The van der Waals surface area contributed by atoms with Crippen LogP contribution in [-0.4, -0.2) is 140 Å². The van der Waals surface area contributed by atoms with Crippen molar-refractivity contribution in [3.8, 4) is 0 Å². The molecular formula is C26H41KO18. The Bertz CT molecular complexity index is 888. The Hall–Kier alpha value is -2.82. The molecule has 0 amide bonds. The molecule has 0 saturated carbocycles. The van der Waals surface area contributed by atoms with Gasteiger partial charge in [-0.3, -0.25) is 0 Å². The molecule has 19 heteroatoms. The second-order valence-corrected chi connectivity index (χ2v) is 8.68. The van der Waals surface area contributed by atoms with E-state index in [0.29, 0.717) is 24.3 Å². The van der Waals surface area contributed by atoms with Crippen molar-refractivity contribution in [2.45, 2.75) is 13.8 Å². The van der Waals surface area contributed by atoms with Gasteiger partial charge in [0.2, 0.25) is 0 Å². The summed E-state index contributed by atoms with van der Waals surface area (Å²) in [5.41, 5.74) is -1.89. The topological polar surface area (TPSA) is 323 Å². The number of carboxylic acid groups (broad SMARTS) is 4. The predicted molar refractivity (Wildman–Crippen MR) is 149 cm³/mol. The molecule has 0 radical (unpaired) electrons. The Morgan fingerprint density at radius 2 is 0.711 bits per heavy atom. The number of hydrogen-bond donors (Lipinski definition) is 10. The van der Waals surface area contributed by atoms with Crippen LogP contribution in [0.3, 0.4) is 0 Å². The first-order valence-electron chi connectivity index (χ1n) is 11.9. The zero-order valence-electron chi connectivity index (χ0n) is 26.1. The molecule has 0 fully saturated rings. The molecule has 0 atom stereocenters. The monoisotopic (exact) mass is 680 g/mol. The Morgan fingerprint density at radius 1 is 0.533 bits per heavy atom. The molecule has 0 aromatic rings. The van der Waals surface area contributed by atoms with E-state index in [1.165, 1.54) is 13.8 Å². The number of hydrogen-bond acceptors (Lipinski definition) is 14. The third-order valence-electron chi connectivity index (χ3n) is 4.47. The molecule has 0 unspecified atom stereocenters. The van der Waals surface area contributed by atoms with Gasteiger partial charge in [0.1, 0.15) is 13.2 Å². The molecule has 0 saturated heterocycles. The van der Waals surface area contributed by atoms with Crippen molar-refractivity contribution >= 4 is 35.8 Å². The second kappa shape index (κ2) is 29.9. The molecule has 0 aliphatic carbocycles. The van der Waals surface area contributed by atoms with Crippen LogP contribution >= 0.6 is 0 Å². The number of rotatable bonds is 16. The van der Waals surface area contributed by atoms with Gasteiger partial charge < -0.3 is 62.0 Å². The van der Waals surface area contributed by atoms with Crippen molar-refractivity contribution in [2.75, 3.05) is 52.9 Å². The zero-order chi connectivity index (χ0) is 35.5. The summed E-state index contributed by atoms with van der Waals surface area (Å²) in [5.74, 6) is -6.24. The summed E-state index contributed by atoms with van der Waals surface area (Å²) in [6.45, 7) is 6.52. The number of carbonyl (C=O) groups is 6. The van der Waals surface area contributed by atoms with Crippen molar-refractivity contribution in [2.24, 2.45) is 10.8 Å². The number of aliphatic hydroxyl groups is 6. The van der Waals surface area contributed by atoms with Crippen molar-refractivity contribution in [3.05, 3.63) is 48.6 Å². The van der Waals surface area contributed by atoms with Gasteiger partial charge in [-0.05, 0) is 13.8 Å². The molecule has 0 rings (SSSR count). The SMILES string of the molecule is C=C(C)C(=O)OCC(CO)(CO)CO.C=C(C)C(=O)OCC(CO)(CO)CO.O=C(O)/C=C\C(=O)O.O=C(O)/C=C\C(=O)O.[H-].[K+]. The van der Waals surface area contributed by atoms with Crippen molar-refractivity contribution in [1.29, 1.82) is 0 Å². The summed E-state index contributed by atoms with van der Waals surface area (Å²) >= 11 is 0. The molecule has 0 bridgehead atoms. The van der Waals surface area contributed by atoms with Crippen molar-refractivity contribution < 1.29 is 142 Å². The standard InChI is InChI=1S/2C9H16O5.2C4H4O4.K.H/c2*1-7(2)8(13)14-6-9(3-10,4-11)5-12;2*5-3(6)1-2-4(7)8;;/h2*10-12H,1,3-6H2,2H3;2*1-2H,(H,5,6)(H,7,8);;/q;;;;+1;-1/b;;2*2-1-;;. The quantitative estimate of drug-likeness (QED) is 0.0413. The maximum Gasteiger partial charge on any atom is 1.00 e. The zero-order valence-corrected chi connectivity index (χ0v) is 28.2. The van der Waals surface area contributed by atoms with E-state index >= 15 is 0 Å².